The van der Waals surface area contributed by atoms with Gasteiger partial charge in [0.1, 0.15) is 0 Å². The van der Waals surface area contributed by atoms with E-state index in [2.05, 4.69) is 4.98 Å². The summed E-state index contributed by atoms with van der Waals surface area (Å²) in [6.07, 6.45) is 0. The Hall–Kier alpha value is -1.36. The number of nitrogen functional groups attached to an aromatic ring is 1. The predicted molar refractivity (Wildman–Crippen MR) is 45.1 cm³/mol. The molecule has 12 heavy (non-hydrogen) atoms. The van der Waals surface area contributed by atoms with E-state index in [1.54, 1.807) is 6.92 Å². The van der Waals surface area contributed by atoms with Crippen molar-refractivity contribution < 1.29 is 4.92 Å². The van der Waals surface area contributed by atoms with Crippen molar-refractivity contribution in [2.75, 3.05) is 5.73 Å². The molecule has 0 radical (unpaired) electrons. The Kier molecular flexibility index (Phi) is 2.14. The van der Waals surface area contributed by atoms with Gasteiger partial charge in [0.05, 0.1) is 15.6 Å². The maximum Gasteiger partial charge on any atom is 0.312 e. The Balaban J connectivity index is 3.33. The third kappa shape index (κ3) is 1.45. The van der Waals surface area contributed by atoms with Gasteiger partial charge in [0.2, 0.25) is 5.82 Å². The molecular weight excluding hydrogens is 182 g/mol. The van der Waals surface area contributed by atoms with Gasteiger partial charge in [0.15, 0.2) is 0 Å². The van der Waals surface area contributed by atoms with E-state index in [0.717, 1.165) is 0 Å². The maximum absolute atomic E-state index is 10.3. The van der Waals surface area contributed by atoms with E-state index in [1.807, 2.05) is 0 Å². The van der Waals surface area contributed by atoms with Crippen LogP contribution in [-0.2, 0) is 0 Å². The van der Waals surface area contributed by atoms with Gasteiger partial charge in [-0.1, -0.05) is 11.6 Å². The van der Waals surface area contributed by atoms with Crippen LogP contribution in [0.25, 0.3) is 0 Å². The molecule has 0 fully saturated rings. The molecule has 2 N–H and O–H groups in total. The summed E-state index contributed by atoms with van der Waals surface area (Å²) >= 11 is 5.61. The van der Waals surface area contributed by atoms with Crippen LogP contribution in [0.4, 0.5) is 11.5 Å². The lowest BCUT2D eigenvalue weighted by atomic mass is 10.3. The van der Waals surface area contributed by atoms with Crippen LogP contribution >= 0.6 is 11.6 Å². The van der Waals surface area contributed by atoms with E-state index >= 15 is 0 Å². The molecule has 0 amide bonds. The van der Waals surface area contributed by atoms with E-state index in [0.29, 0.717) is 5.69 Å². The highest BCUT2D eigenvalue weighted by molar-refractivity contribution is 6.31. The highest BCUT2D eigenvalue weighted by Crippen LogP contribution is 2.24. The summed E-state index contributed by atoms with van der Waals surface area (Å²) in [4.78, 5) is 13.4. The van der Waals surface area contributed by atoms with Gasteiger partial charge in [0.25, 0.3) is 0 Å². The molecule has 0 atom stereocenters. The summed E-state index contributed by atoms with van der Waals surface area (Å²) in [5.74, 6) is -0.109. The Bertz CT molecular complexity index is 340. The van der Waals surface area contributed by atoms with Gasteiger partial charge in [-0.05, 0) is 6.92 Å². The lowest BCUT2D eigenvalue weighted by Crippen LogP contribution is -1.99. The van der Waals surface area contributed by atoms with Crippen molar-refractivity contribution in [1.82, 2.24) is 4.98 Å². The van der Waals surface area contributed by atoms with Gasteiger partial charge in [-0.15, -0.1) is 0 Å². The number of halogens is 1. The number of aryl methyl sites for hydroxylation is 1. The van der Waals surface area contributed by atoms with Crippen LogP contribution in [0.5, 0.6) is 0 Å². The Morgan fingerprint density at radius 1 is 1.75 bits per heavy atom. The molecule has 0 aliphatic rings. The molecule has 0 saturated heterocycles. The molecule has 0 bridgehead atoms. The smallest absolute Gasteiger partial charge is 0.312 e. The monoisotopic (exact) mass is 187 g/mol. The number of nitrogens with zero attached hydrogens (tertiary/aromatic N) is 2. The Morgan fingerprint density at radius 3 is 2.83 bits per heavy atom. The minimum atomic E-state index is -0.617. The number of nitrogens with two attached hydrogens (primary N) is 1. The van der Waals surface area contributed by atoms with E-state index in [4.69, 9.17) is 17.3 Å². The molecule has 6 heteroatoms. The molecule has 0 aliphatic heterocycles. The van der Waals surface area contributed by atoms with E-state index in [-0.39, 0.29) is 16.5 Å². The third-order valence-electron chi connectivity index (χ3n) is 1.36. The van der Waals surface area contributed by atoms with Gasteiger partial charge < -0.3 is 5.73 Å². The average molecular weight is 188 g/mol. The van der Waals surface area contributed by atoms with Crippen LogP contribution in [-0.4, -0.2) is 9.91 Å². The fourth-order valence-corrected chi connectivity index (χ4v) is 0.882. The van der Waals surface area contributed by atoms with E-state index in [1.165, 1.54) is 6.07 Å². The van der Waals surface area contributed by atoms with Crippen molar-refractivity contribution in [3.8, 4) is 0 Å². The van der Waals surface area contributed by atoms with Gasteiger partial charge in [0, 0.05) is 6.07 Å². The first-order valence-corrected chi connectivity index (χ1v) is 3.47. The largest absolute Gasteiger partial charge is 0.378 e. The van der Waals surface area contributed by atoms with Crippen molar-refractivity contribution in [3.05, 3.63) is 26.9 Å². The standard InChI is InChI=1S/C6H6ClN3O2/c1-3-4(7)2-5(10(11)12)6(8)9-3/h2H,1H3,(H2,8,9). The van der Waals surface area contributed by atoms with Gasteiger partial charge in [-0.25, -0.2) is 4.98 Å². The average Bonchev–Trinajstić information content (AvgIpc) is 1.96. The molecule has 0 saturated carbocycles. The Labute approximate surface area is 73.3 Å². The van der Waals surface area contributed by atoms with Gasteiger partial charge in [-0.2, -0.15) is 0 Å². The van der Waals surface area contributed by atoms with Gasteiger partial charge >= 0.3 is 5.69 Å². The molecule has 0 unspecified atom stereocenters. The summed E-state index contributed by atoms with van der Waals surface area (Å²) in [6, 6.07) is 1.19. The lowest BCUT2D eigenvalue weighted by molar-refractivity contribution is -0.384. The molecule has 1 rings (SSSR count). The van der Waals surface area contributed by atoms with Crippen LogP contribution < -0.4 is 5.73 Å². The molecule has 1 heterocycles. The summed E-state index contributed by atoms with van der Waals surface area (Å²) in [5.41, 5.74) is 5.51. The molecule has 1 aromatic heterocycles. The lowest BCUT2D eigenvalue weighted by Gasteiger charge is -1.99. The van der Waals surface area contributed by atoms with Crippen molar-refractivity contribution in [3.63, 3.8) is 0 Å². The first-order chi connectivity index (χ1) is 5.52. The van der Waals surface area contributed by atoms with E-state index in [9.17, 15) is 10.1 Å². The molecule has 5 nitrogen and oxygen atoms in total. The fourth-order valence-electron chi connectivity index (χ4n) is 0.736. The number of hydrogen-bond donors (Lipinski definition) is 1. The third-order valence-corrected chi connectivity index (χ3v) is 1.74. The summed E-state index contributed by atoms with van der Waals surface area (Å²) in [6.45, 7) is 1.63. The molecule has 0 spiro atoms. The van der Waals surface area contributed by atoms with Crippen LogP contribution in [0.15, 0.2) is 6.07 Å². The molecule has 64 valence electrons. The number of rotatable bonds is 1. The minimum absolute atomic E-state index is 0.109. The zero-order chi connectivity index (χ0) is 9.30. The quantitative estimate of drug-likeness (QED) is 0.534. The predicted octanol–water partition coefficient (Wildman–Crippen LogP) is 1.53. The van der Waals surface area contributed by atoms with Crippen molar-refractivity contribution in [1.29, 1.82) is 0 Å². The summed E-state index contributed by atoms with van der Waals surface area (Å²) in [7, 11) is 0. The van der Waals surface area contributed by atoms with Crippen molar-refractivity contribution >= 4 is 23.1 Å². The number of hydrogen-bond acceptors (Lipinski definition) is 4. The number of pyridine rings is 1. The fraction of sp³-hybridized carbons (Fsp3) is 0.167. The molecule has 0 aromatic carbocycles. The normalized spacial score (nSPS) is 9.83. The van der Waals surface area contributed by atoms with Crippen LogP contribution in [0, 0.1) is 17.0 Å². The Morgan fingerprint density at radius 2 is 2.33 bits per heavy atom. The zero-order valence-electron chi connectivity index (χ0n) is 6.24. The second kappa shape index (κ2) is 2.94. The summed E-state index contributed by atoms with van der Waals surface area (Å²) in [5, 5.41) is 10.6. The summed E-state index contributed by atoms with van der Waals surface area (Å²) < 4.78 is 0. The molecule has 1 aromatic rings. The minimum Gasteiger partial charge on any atom is -0.378 e. The van der Waals surface area contributed by atoms with Crippen LogP contribution in [0.1, 0.15) is 5.69 Å². The van der Waals surface area contributed by atoms with Crippen molar-refractivity contribution in [2.24, 2.45) is 0 Å². The number of aromatic nitrogens is 1. The first kappa shape index (κ1) is 8.73. The second-order valence-electron chi connectivity index (χ2n) is 2.22. The molecular formula is C6H6ClN3O2. The second-order valence-corrected chi connectivity index (χ2v) is 2.62. The van der Waals surface area contributed by atoms with Gasteiger partial charge in [-0.3, -0.25) is 10.1 Å². The topological polar surface area (TPSA) is 82.0 Å². The highest BCUT2D eigenvalue weighted by atomic mass is 35.5. The van der Waals surface area contributed by atoms with Crippen molar-refractivity contribution in [2.45, 2.75) is 6.92 Å². The zero-order valence-corrected chi connectivity index (χ0v) is 7.00. The number of nitro groups is 1. The number of anilines is 1. The van der Waals surface area contributed by atoms with Crippen LogP contribution in [0.3, 0.4) is 0 Å². The highest BCUT2D eigenvalue weighted by Gasteiger charge is 2.14. The van der Waals surface area contributed by atoms with Crippen LogP contribution in [0.2, 0.25) is 5.02 Å². The van der Waals surface area contributed by atoms with E-state index < -0.39 is 4.92 Å². The first-order valence-electron chi connectivity index (χ1n) is 3.09. The molecule has 0 aliphatic carbocycles. The maximum atomic E-state index is 10.3. The SMILES string of the molecule is Cc1nc(N)c([N+](=O)[O-])cc1Cl.